The Bertz CT molecular complexity index is 727. The normalized spacial score (nSPS) is 13.5. The van der Waals surface area contributed by atoms with Gasteiger partial charge in [-0.05, 0) is 42.7 Å². The minimum atomic E-state index is 0.326. The third kappa shape index (κ3) is 3.27. The largest absolute Gasteiger partial charge is 0.507 e. The van der Waals surface area contributed by atoms with Gasteiger partial charge in [-0.3, -0.25) is 0 Å². The Morgan fingerprint density at radius 2 is 2.00 bits per heavy atom. The lowest BCUT2D eigenvalue weighted by Crippen LogP contribution is -2.29. The van der Waals surface area contributed by atoms with E-state index in [9.17, 15) is 5.11 Å². The third-order valence-electron chi connectivity index (χ3n) is 4.45. The van der Waals surface area contributed by atoms with E-state index in [1.807, 2.05) is 25.1 Å². The maximum atomic E-state index is 10.2. The van der Waals surface area contributed by atoms with Gasteiger partial charge >= 0.3 is 0 Å². The van der Waals surface area contributed by atoms with Crippen LogP contribution in [0.15, 0.2) is 30.3 Å². The summed E-state index contributed by atoms with van der Waals surface area (Å²) in [4.78, 5) is 0. The zero-order valence-electron chi connectivity index (χ0n) is 14.0. The van der Waals surface area contributed by atoms with Crippen LogP contribution in [0.1, 0.15) is 40.0 Å². The van der Waals surface area contributed by atoms with E-state index in [-0.39, 0.29) is 0 Å². The number of rotatable bonds is 6. The van der Waals surface area contributed by atoms with Crippen molar-refractivity contribution >= 4 is 12.7 Å². The molecule has 0 fully saturated rings. The fourth-order valence-electron chi connectivity index (χ4n) is 3.07. The summed E-state index contributed by atoms with van der Waals surface area (Å²) in [6.45, 7) is 11.7. The maximum Gasteiger partial charge on any atom is 0.124 e. The van der Waals surface area contributed by atoms with Crippen molar-refractivity contribution in [3.05, 3.63) is 40.9 Å². The first kappa shape index (κ1) is 16.4. The molecule has 0 amide bonds. The molecule has 2 heteroatoms. The summed E-state index contributed by atoms with van der Waals surface area (Å²) in [6, 6.07) is 9.68. The molecule has 1 heterocycles. The number of aromatic nitrogens is 1. The number of aromatic hydroxyl groups is 1. The molecular formula is C20H27NO. The van der Waals surface area contributed by atoms with Crippen LogP contribution in [0.5, 0.6) is 5.75 Å². The molecule has 0 saturated carbocycles. The van der Waals surface area contributed by atoms with E-state index in [0.29, 0.717) is 11.7 Å². The van der Waals surface area contributed by atoms with E-state index in [0.717, 1.165) is 34.8 Å². The number of hydrogen-bond donors (Lipinski definition) is 1. The van der Waals surface area contributed by atoms with Crippen LogP contribution in [0, 0.1) is 5.92 Å². The predicted molar refractivity (Wildman–Crippen MR) is 95.1 cm³/mol. The minimum Gasteiger partial charge on any atom is -0.507 e. The van der Waals surface area contributed by atoms with Crippen LogP contribution < -0.4 is 10.6 Å². The Balaban J connectivity index is 2.55. The molecule has 1 N–H and O–H groups in total. The average Bonchev–Trinajstić information content (AvgIpc) is 2.83. The van der Waals surface area contributed by atoms with E-state index >= 15 is 0 Å². The number of nitrogens with zero attached hydrogens (tertiary/aromatic N) is 1. The van der Waals surface area contributed by atoms with Crippen LogP contribution in [-0.4, -0.2) is 9.67 Å². The smallest absolute Gasteiger partial charge is 0.124 e. The molecule has 0 unspecified atom stereocenters. The summed E-state index contributed by atoms with van der Waals surface area (Å²) >= 11 is 0. The van der Waals surface area contributed by atoms with Gasteiger partial charge in [-0.15, -0.1) is 0 Å². The van der Waals surface area contributed by atoms with Crippen LogP contribution in [-0.2, 0) is 6.54 Å². The standard InChI is InChI=1S/C20H27NO/c1-5-10-16(6-2)14-21-15(4)17(7-3)13-19(21)18-11-8-9-12-20(18)22/h7-9,11-13,16,22H,4-6,10,14H2,1-3H3/b17-7-/t16-/m0/s1. The van der Waals surface area contributed by atoms with Gasteiger partial charge in [0.15, 0.2) is 0 Å². The lowest BCUT2D eigenvalue weighted by molar-refractivity contribution is 0.397. The van der Waals surface area contributed by atoms with Crippen molar-refractivity contribution in [1.29, 1.82) is 0 Å². The van der Waals surface area contributed by atoms with Crippen LogP contribution in [0.3, 0.4) is 0 Å². The van der Waals surface area contributed by atoms with Crippen molar-refractivity contribution < 1.29 is 5.11 Å². The van der Waals surface area contributed by atoms with E-state index in [4.69, 9.17) is 0 Å². The first-order valence-corrected chi connectivity index (χ1v) is 8.25. The summed E-state index contributed by atoms with van der Waals surface area (Å²) in [5.74, 6) is 0.972. The number of hydrogen-bond acceptors (Lipinski definition) is 1. The highest BCUT2D eigenvalue weighted by atomic mass is 16.3. The number of benzene rings is 1. The van der Waals surface area contributed by atoms with Crippen molar-refractivity contribution in [1.82, 2.24) is 4.57 Å². The molecule has 118 valence electrons. The molecule has 0 aliphatic heterocycles. The van der Waals surface area contributed by atoms with Gasteiger partial charge in [0.25, 0.3) is 0 Å². The van der Waals surface area contributed by atoms with E-state index in [2.05, 4.69) is 37.1 Å². The second kappa shape index (κ2) is 7.35. The maximum absolute atomic E-state index is 10.2. The fourth-order valence-corrected chi connectivity index (χ4v) is 3.07. The molecule has 2 aromatic rings. The van der Waals surface area contributed by atoms with E-state index in [1.54, 1.807) is 6.07 Å². The topological polar surface area (TPSA) is 25.2 Å². The Hall–Kier alpha value is -1.96. The molecule has 1 atom stereocenters. The van der Waals surface area contributed by atoms with Crippen molar-refractivity contribution in [2.45, 2.75) is 46.6 Å². The monoisotopic (exact) mass is 297 g/mol. The summed E-state index contributed by atoms with van der Waals surface area (Å²) in [7, 11) is 0. The third-order valence-corrected chi connectivity index (χ3v) is 4.45. The minimum absolute atomic E-state index is 0.326. The zero-order chi connectivity index (χ0) is 16.1. The van der Waals surface area contributed by atoms with Crippen molar-refractivity contribution in [3.63, 3.8) is 0 Å². The summed E-state index contributed by atoms with van der Waals surface area (Å²) < 4.78 is 2.27. The number of para-hydroxylation sites is 1. The highest BCUT2D eigenvalue weighted by molar-refractivity contribution is 5.67. The first-order chi connectivity index (χ1) is 10.6. The van der Waals surface area contributed by atoms with Crippen molar-refractivity contribution in [2.75, 3.05) is 0 Å². The fraction of sp³-hybridized carbons (Fsp3) is 0.400. The molecule has 0 spiro atoms. The highest BCUT2D eigenvalue weighted by Crippen LogP contribution is 2.28. The molecule has 2 rings (SSSR count). The lowest BCUT2D eigenvalue weighted by atomic mass is 10.0. The Morgan fingerprint density at radius 3 is 2.59 bits per heavy atom. The lowest BCUT2D eigenvalue weighted by Gasteiger charge is -2.18. The summed E-state index contributed by atoms with van der Waals surface area (Å²) in [5, 5.41) is 12.4. The molecule has 0 aliphatic rings. The zero-order valence-corrected chi connectivity index (χ0v) is 14.0. The number of phenolic OH excluding ortho intramolecular Hbond substituents is 1. The molecule has 1 aromatic heterocycles. The van der Waals surface area contributed by atoms with Gasteiger partial charge in [0.05, 0.1) is 5.69 Å². The van der Waals surface area contributed by atoms with Gasteiger partial charge in [0.2, 0.25) is 0 Å². The van der Waals surface area contributed by atoms with E-state index in [1.165, 1.54) is 12.8 Å². The predicted octanol–water partition coefficient (Wildman–Crippen LogP) is 3.90. The highest BCUT2D eigenvalue weighted by Gasteiger charge is 2.14. The van der Waals surface area contributed by atoms with Gasteiger partial charge in [-0.2, -0.15) is 0 Å². The van der Waals surface area contributed by atoms with Crippen LogP contribution >= 0.6 is 0 Å². The molecule has 22 heavy (non-hydrogen) atoms. The molecular weight excluding hydrogens is 270 g/mol. The SMILES string of the molecule is C=c1/c(=C\C)cc(-c2ccccc2O)n1C[C@@H](CC)CCC. The molecule has 2 nitrogen and oxygen atoms in total. The quantitative estimate of drug-likeness (QED) is 0.859. The summed E-state index contributed by atoms with van der Waals surface area (Å²) in [5.41, 5.74) is 1.94. The first-order valence-electron chi connectivity index (χ1n) is 8.25. The molecule has 0 bridgehead atoms. The second-order valence-corrected chi connectivity index (χ2v) is 5.91. The van der Waals surface area contributed by atoms with Gasteiger partial charge in [0.1, 0.15) is 5.75 Å². The van der Waals surface area contributed by atoms with Crippen LogP contribution in [0.2, 0.25) is 0 Å². The molecule has 0 aliphatic carbocycles. The van der Waals surface area contributed by atoms with Crippen molar-refractivity contribution in [3.8, 4) is 17.0 Å². The Labute approximate surface area is 133 Å². The van der Waals surface area contributed by atoms with Gasteiger partial charge < -0.3 is 9.67 Å². The van der Waals surface area contributed by atoms with Crippen LogP contribution in [0.4, 0.5) is 0 Å². The average molecular weight is 297 g/mol. The molecule has 0 saturated heterocycles. The Morgan fingerprint density at radius 1 is 1.27 bits per heavy atom. The van der Waals surface area contributed by atoms with E-state index < -0.39 is 0 Å². The Kier molecular flexibility index (Phi) is 5.48. The molecule has 0 radical (unpaired) electrons. The van der Waals surface area contributed by atoms with Crippen molar-refractivity contribution in [2.24, 2.45) is 5.92 Å². The summed E-state index contributed by atoms with van der Waals surface area (Å²) in [6.07, 6.45) is 5.67. The van der Waals surface area contributed by atoms with Gasteiger partial charge in [-0.1, -0.05) is 51.5 Å². The second-order valence-electron chi connectivity index (χ2n) is 5.91. The number of phenols is 1. The molecule has 1 aromatic carbocycles. The van der Waals surface area contributed by atoms with Gasteiger partial charge in [0, 0.05) is 17.5 Å². The van der Waals surface area contributed by atoms with Gasteiger partial charge in [-0.25, -0.2) is 0 Å². The van der Waals surface area contributed by atoms with Crippen LogP contribution in [0.25, 0.3) is 23.9 Å².